The molecule has 0 N–H and O–H groups in total. The summed E-state index contributed by atoms with van der Waals surface area (Å²) in [7, 11) is 0. The van der Waals surface area contributed by atoms with Gasteiger partial charge in [0.05, 0.1) is 49.4 Å². The predicted octanol–water partition coefficient (Wildman–Crippen LogP) is 12.0. The Morgan fingerprint density at radius 1 is 0.475 bits per heavy atom. The van der Waals surface area contributed by atoms with Crippen LogP contribution in [0.4, 0.5) is 0 Å². The minimum atomic E-state index is -0.538. The number of hydrogen-bond donors (Lipinski definition) is 0. The Morgan fingerprint density at radius 2 is 0.836 bits per heavy atom. The quantitative estimate of drug-likeness (QED) is 0.0617. The molecule has 0 heterocycles. The Balaban J connectivity index is 1.38. The lowest BCUT2D eigenvalue weighted by molar-refractivity contribution is -0.155. The first kappa shape index (κ1) is 50.5. The second-order valence-corrected chi connectivity index (χ2v) is 20.6. The van der Waals surface area contributed by atoms with E-state index in [1.807, 2.05) is 0 Å². The highest BCUT2D eigenvalue weighted by molar-refractivity contribution is 5.92. The van der Waals surface area contributed by atoms with Crippen molar-refractivity contribution < 1.29 is 47.6 Å². The van der Waals surface area contributed by atoms with Crippen LogP contribution < -0.4 is 18.9 Å². The second-order valence-electron chi connectivity index (χ2n) is 20.6. The van der Waals surface area contributed by atoms with Crippen molar-refractivity contribution in [1.82, 2.24) is 0 Å². The monoisotopic (exact) mass is 845 g/mol. The second kappa shape index (κ2) is 22.3. The maximum absolute atomic E-state index is 12.9. The van der Waals surface area contributed by atoms with Gasteiger partial charge in [0.2, 0.25) is 0 Å². The zero-order chi connectivity index (χ0) is 45.6. The van der Waals surface area contributed by atoms with E-state index < -0.39 is 11.9 Å². The van der Waals surface area contributed by atoms with Gasteiger partial charge in [0.1, 0.15) is 23.0 Å². The molecule has 0 fully saturated rings. The summed E-state index contributed by atoms with van der Waals surface area (Å²) in [5.74, 6) is 0.183. The molecule has 2 atom stereocenters. The standard InChI is InChI=1S/C51H72O10/c1-35-32-40(60-44(52)36-18-22-38(23-19-36)56-28-14-16-30-58-46(54)41(50(8,9)10)33-48(2,3)4)26-27-43(35)61-45(53)37-20-24-39(25-21-37)57-29-15-17-31-59-47(55)42(51(11,12)13)34-49(5,6)7/h18-27,32,41-42H,14-17,28-31,33-34H2,1-13H3. The summed E-state index contributed by atoms with van der Waals surface area (Å²) in [4.78, 5) is 51.5. The lowest BCUT2D eigenvalue weighted by Crippen LogP contribution is -2.33. The van der Waals surface area contributed by atoms with Crippen molar-refractivity contribution in [1.29, 1.82) is 0 Å². The Morgan fingerprint density at radius 3 is 1.20 bits per heavy atom. The molecule has 336 valence electrons. The van der Waals surface area contributed by atoms with Crippen LogP contribution >= 0.6 is 0 Å². The van der Waals surface area contributed by atoms with Crippen LogP contribution in [0.2, 0.25) is 0 Å². The van der Waals surface area contributed by atoms with Crippen molar-refractivity contribution in [2.45, 2.75) is 129 Å². The lowest BCUT2D eigenvalue weighted by Gasteiger charge is -2.33. The predicted molar refractivity (Wildman–Crippen MR) is 239 cm³/mol. The average Bonchev–Trinajstić information content (AvgIpc) is 3.15. The van der Waals surface area contributed by atoms with Crippen molar-refractivity contribution in [2.75, 3.05) is 26.4 Å². The van der Waals surface area contributed by atoms with E-state index in [0.717, 1.165) is 12.8 Å². The van der Waals surface area contributed by atoms with Crippen LogP contribution in [0.1, 0.15) is 148 Å². The van der Waals surface area contributed by atoms with Crippen LogP contribution in [0.15, 0.2) is 66.7 Å². The Labute approximate surface area is 365 Å². The lowest BCUT2D eigenvalue weighted by atomic mass is 9.72. The summed E-state index contributed by atoms with van der Waals surface area (Å²) < 4.78 is 34.2. The van der Waals surface area contributed by atoms with Gasteiger partial charge in [-0.15, -0.1) is 0 Å². The molecule has 0 saturated heterocycles. The third-order valence-electron chi connectivity index (χ3n) is 10.1. The van der Waals surface area contributed by atoms with E-state index in [1.54, 1.807) is 73.7 Å². The van der Waals surface area contributed by atoms with Gasteiger partial charge in [-0.1, -0.05) is 83.1 Å². The number of benzene rings is 3. The summed E-state index contributed by atoms with van der Waals surface area (Å²) >= 11 is 0. The number of aryl methyl sites for hydroxylation is 1. The molecule has 0 aliphatic rings. The van der Waals surface area contributed by atoms with Crippen LogP contribution in [-0.2, 0) is 19.1 Å². The zero-order valence-corrected chi connectivity index (χ0v) is 39.2. The molecule has 3 aromatic rings. The molecular weight excluding hydrogens is 773 g/mol. The topological polar surface area (TPSA) is 124 Å². The maximum Gasteiger partial charge on any atom is 0.343 e. The fourth-order valence-corrected chi connectivity index (χ4v) is 6.55. The summed E-state index contributed by atoms with van der Waals surface area (Å²) in [6.45, 7) is 28.6. The highest BCUT2D eigenvalue weighted by Gasteiger charge is 2.37. The van der Waals surface area contributed by atoms with Crippen molar-refractivity contribution in [3.05, 3.63) is 83.4 Å². The number of unbranched alkanes of at least 4 members (excludes halogenated alkanes) is 2. The number of carbonyl (C=O) groups excluding carboxylic acids is 4. The van der Waals surface area contributed by atoms with Gasteiger partial charge in [-0.2, -0.15) is 0 Å². The third-order valence-corrected chi connectivity index (χ3v) is 10.1. The first-order chi connectivity index (χ1) is 28.3. The smallest absolute Gasteiger partial charge is 0.343 e. The van der Waals surface area contributed by atoms with Gasteiger partial charge in [0.25, 0.3) is 0 Å². The summed E-state index contributed by atoms with van der Waals surface area (Å²) in [5.41, 5.74) is 1.03. The molecule has 0 aliphatic heterocycles. The number of ether oxygens (including phenoxy) is 6. The summed E-state index contributed by atoms with van der Waals surface area (Å²) in [5, 5.41) is 0. The van der Waals surface area contributed by atoms with E-state index >= 15 is 0 Å². The molecule has 0 aliphatic carbocycles. The number of hydrogen-bond acceptors (Lipinski definition) is 10. The summed E-state index contributed by atoms with van der Waals surface area (Å²) in [6, 6.07) is 18.2. The molecule has 0 spiro atoms. The molecule has 0 bridgehead atoms. The van der Waals surface area contributed by atoms with E-state index in [1.165, 1.54) is 0 Å². The van der Waals surface area contributed by atoms with Crippen LogP contribution in [0.25, 0.3) is 0 Å². The molecule has 0 saturated carbocycles. The van der Waals surface area contributed by atoms with Crippen LogP contribution in [0.3, 0.4) is 0 Å². The largest absolute Gasteiger partial charge is 0.494 e. The molecule has 3 rings (SSSR count). The minimum absolute atomic E-state index is 0.0292. The molecule has 0 aromatic heterocycles. The van der Waals surface area contributed by atoms with Gasteiger partial charge in [-0.05, 0) is 139 Å². The highest BCUT2D eigenvalue weighted by atomic mass is 16.5. The molecule has 0 amide bonds. The SMILES string of the molecule is Cc1cc(OC(=O)c2ccc(OCCCCOC(=O)C(CC(C)(C)C)C(C)(C)C)cc2)ccc1OC(=O)c1ccc(OCCCCOC(=O)C(CC(C)(C)C)C(C)(C)C)cc1. The number of esters is 4. The Bertz CT molecular complexity index is 1870. The fraction of sp³-hybridized carbons (Fsp3) is 0.569. The van der Waals surface area contributed by atoms with E-state index in [9.17, 15) is 19.2 Å². The maximum atomic E-state index is 12.9. The zero-order valence-electron chi connectivity index (χ0n) is 39.2. The minimum Gasteiger partial charge on any atom is -0.494 e. The normalized spacial score (nSPS) is 13.1. The van der Waals surface area contributed by atoms with Crippen LogP contribution in [-0.4, -0.2) is 50.3 Å². The summed E-state index contributed by atoms with van der Waals surface area (Å²) in [6.07, 6.45) is 4.32. The van der Waals surface area contributed by atoms with Crippen molar-refractivity contribution in [2.24, 2.45) is 33.5 Å². The van der Waals surface area contributed by atoms with Crippen LogP contribution in [0.5, 0.6) is 23.0 Å². The number of rotatable bonds is 20. The molecule has 10 nitrogen and oxygen atoms in total. The van der Waals surface area contributed by atoms with Gasteiger partial charge < -0.3 is 28.4 Å². The molecule has 2 unspecified atom stereocenters. The van der Waals surface area contributed by atoms with Crippen molar-refractivity contribution in [3.63, 3.8) is 0 Å². The van der Waals surface area contributed by atoms with Gasteiger partial charge >= 0.3 is 23.9 Å². The average molecular weight is 845 g/mol. The van der Waals surface area contributed by atoms with Gasteiger partial charge in [-0.25, -0.2) is 9.59 Å². The molecule has 3 aromatic carbocycles. The van der Waals surface area contributed by atoms with Gasteiger partial charge in [0.15, 0.2) is 0 Å². The highest BCUT2D eigenvalue weighted by Crippen LogP contribution is 2.38. The van der Waals surface area contributed by atoms with E-state index in [2.05, 4.69) is 83.1 Å². The molecular formula is C51H72O10. The van der Waals surface area contributed by atoms with Crippen molar-refractivity contribution in [3.8, 4) is 23.0 Å². The Hall–Kier alpha value is -4.86. The molecule has 10 heteroatoms. The third kappa shape index (κ3) is 18.3. The van der Waals surface area contributed by atoms with E-state index in [-0.39, 0.29) is 45.4 Å². The van der Waals surface area contributed by atoms with E-state index in [4.69, 9.17) is 28.4 Å². The van der Waals surface area contributed by atoms with Gasteiger partial charge in [-0.3, -0.25) is 9.59 Å². The van der Waals surface area contributed by atoms with Crippen LogP contribution in [0, 0.1) is 40.4 Å². The van der Waals surface area contributed by atoms with E-state index in [0.29, 0.717) is 91.8 Å². The Kier molecular flexibility index (Phi) is 18.5. The first-order valence-corrected chi connectivity index (χ1v) is 21.7. The first-order valence-electron chi connectivity index (χ1n) is 21.7. The molecule has 61 heavy (non-hydrogen) atoms. The number of carbonyl (C=O) groups is 4. The molecule has 0 radical (unpaired) electrons. The fourth-order valence-electron chi connectivity index (χ4n) is 6.55. The van der Waals surface area contributed by atoms with Gasteiger partial charge in [0, 0.05) is 0 Å². The van der Waals surface area contributed by atoms with Crippen molar-refractivity contribution >= 4 is 23.9 Å².